The minimum absolute atomic E-state index is 0.133. The molecule has 1 aromatic heterocycles. The van der Waals surface area contributed by atoms with Crippen molar-refractivity contribution in [2.75, 3.05) is 12.4 Å². The van der Waals surface area contributed by atoms with E-state index in [-0.39, 0.29) is 10.7 Å². The summed E-state index contributed by atoms with van der Waals surface area (Å²) in [5.41, 5.74) is 2.19. The highest BCUT2D eigenvalue weighted by Gasteiger charge is 2.20. The normalized spacial score (nSPS) is 15.2. The third kappa shape index (κ3) is 5.08. The van der Waals surface area contributed by atoms with Crippen molar-refractivity contribution in [3.63, 3.8) is 0 Å². The average molecular weight is 445 g/mol. The van der Waals surface area contributed by atoms with Crippen LogP contribution in [0.4, 0.5) is 10.1 Å². The van der Waals surface area contributed by atoms with Crippen LogP contribution in [0.5, 0.6) is 0 Å². The fraction of sp³-hybridized carbons (Fsp3) is 0.381. The first-order chi connectivity index (χ1) is 14.9. The minimum Gasteiger partial charge on any atom is -0.382 e. The van der Waals surface area contributed by atoms with Crippen LogP contribution in [0.3, 0.4) is 0 Å². The maximum absolute atomic E-state index is 13.1. The number of rotatable bonds is 7. The van der Waals surface area contributed by atoms with Crippen molar-refractivity contribution in [3.05, 3.63) is 53.8 Å². The van der Waals surface area contributed by atoms with E-state index in [0.717, 1.165) is 24.1 Å². The molecule has 31 heavy (non-hydrogen) atoms. The van der Waals surface area contributed by atoms with Gasteiger partial charge in [-0.05, 0) is 61.0 Å². The maximum Gasteiger partial charge on any atom is 0.240 e. The predicted molar refractivity (Wildman–Crippen MR) is 115 cm³/mol. The second-order valence-electron chi connectivity index (χ2n) is 7.66. The van der Waals surface area contributed by atoms with E-state index in [9.17, 15) is 12.8 Å². The average Bonchev–Trinajstić information content (AvgIpc) is 3.24. The van der Waals surface area contributed by atoms with Gasteiger partial charge in [0.1, 0.15) is 5.82 Å². The highest BCUT2D eigenvalue weighted by atomic mass is 32.2. The zero-order valence-electron chi connectivity index (χ0n) is 17.3. The molecule has 0 saturated heterocycles. The summed E-state index contributed by atoms with van der Waals surface area (Å²) in [4.78, 5) is 1.54. The molecule has 0 bridgehead atoms. The van der Waals surface area contributed by atoms with Gasteiger partial charge in [-0.25, -0.2) is 17.5 Å². The van der Waals surface area contributed by atoms with Crippen molar-refractivity contribution < 1.29 is 12.8 Å². The number of benzene rings is 2. The Morgan fingerprint density at radius 3 is 2.55 bits per heavy atom. The molecule has 164 valence electrons. The van der Waals surface area contributed by atoms with Crippen LogP contribution in [0.2, 0.25) is 0 Å². The summed E-state index contributed by atoms with van der Waals surface area (Å²) in [6.07, 6.45) is 5.72. The highest BCUT2D eigenvalue weighted by molar-refractivity contribution is 7.89. The summed E-state index contributed by atoms with van der Waals surface area (Å²) in [6.45, 7) is 0.327. The Bertz CT molecular complexity index is 1140. The molecule has 1 aliphatic carbocycles. The zero-order chi connectivity index (χ0) is 21.8. The molecular formula is C21H25FN6O2S. The van der Waals surface area contributed by atoms with Gasteiger partial charge in [-0.15, -0.1) is 10.2 Å². The van der Waals surface area contributed by atoms with Crippen LogP contribution >= 0.6 is 0 Å². The maximum atomic E-state index is 13.1. The molecule has 0 radical (unpaired) electrons. The first kappa shape index (κ1) is 21.4. The van der Waals surface area contributed by atoms with Crippen molar-refractivity contribution in [1.29, 1.82) is 0 Å². The molecule has 1 heterocycles. The lowest BCUT2D eigenvalue weighted by Crippen LogP contribution is -2.23. The van der Waals surface area contributed by atoms with Gasteiger partial charge in [0.05, 0.1) is 11.4 Å². The molecular weight excluding hydrogens is 419 g/mol. The van der Waals surface area contributed by atoms with Crippen molar-refractivity contribution in [2.45, 2.75) is 49.6 Å². The summed E-state index contributed by atoms with van der Waals surface area (Å²) >= 11 is 0. The van der Waals surface area contributed by atoms with Crippen LogP contribution in [-0.2, 0) is 16.6 Å². The number of hydrogen-bond acceptors (Lipinski definition) is 6. The van der Waals surface area contributed by atoms with E-state index in [1.807, 2.05) is 0 Å². The van der Waals surface area contributed by atoms with Crippen LogP contribution in [0.25, 0.3) is 11.4 Å². The topological polar surface area (TPSA) is 102 Å². The molecule has 8 nitrogen and oxygen atoms in total. The number of sulfonamides is 1. The molecule has 1 aliphatic rings. The molecule has 1 saturated carbocycles. The molecule has 0 amide bonds. The van der Waals surface area contributed by atoms with Gasteiger partial charge in [0.15, 0.2) is 0 Å². The number of tetrazole rings is 1. The molecule has 1 fully saturated rings. The van der Waals surface area contributed by atoms with E-state index in [1.54, 1.807) is 30.3 Å². The first-order valence-corrected chi connectivity index (χ1v) is 11.8. The summed E-state index contributed by atoms with van der Waals surface area (Å²) < 4.78 is 40.2. The quantitative estimate of drug-likeness (QED) is 0.580. The Labute approximate surface area is 180 Å². The van der Waals surface area contributed by atoms with Crippen molar-refractivity contribution in [1.82, 2.24) is 24.9 Å². The van der Waals surface area contributed by atoms with E-state index >= 15 is 0 Å². The highest BCUT2D eigenvalue weighted by Crippen LogP contribution is 2.31. The van der Waals surface area contributed by atoms with Gasteiger partial charge in [-0.2, -0.15) is 4.80 Å². The Morgan fingerprint density at radius 2 is 1.84 bits per heavy atom. The van der Waals surface area contributed by atoms with Crippen LogP contribution in [0.15, 0.2) is 47.4 Å². The smallest absolute Gasteiger partial charge is 0.240 e. The van der Waals surface area contributed by atoms with Gasteiger partial charge < -0.3 is 5.32 Å². The Balaban J connectivity index is 1.66. The molecule has 3 aromatic rings. The number of nitrogens with one attached hydrogen (secondary N) is 2. The lowest BCUT2D eigenvalue weighted by atomic mass is 9.95. The largest absolute Gasteiger partial charge is 0.382 e. The molecule has 4 rings (SSSR count). The van der Waals surface area contributed by atoms with Gasteiger partial charge in [0.2, 0.25) is 15.8 Å². The van der Waals surface area contributed by atoms with Gasteiger partial charge in [-0.3, -0.25) is 0 Å². The lowest BCUT2D eigenvalue weighted by molar-refractivity contribution is 0.463. The molecule has 0 unspecified atom stereocenters. The summed E-state index contributed by atoms with van der Waals surface area (Å²) in [5, 5.41) is 16.2. The second kappa shape index (κ2) is 9.11. The van der Waals surface area contributed by atoms with E-state index in [4.69, 9.17) is 0 Å². The number of hydrogen-bond donors (Lipinski definition) is 2. The molecule has 0 spiro atoms. The fourth-order valence-corrected chi connectivity index (χ4v) is 4.51. The molecule has 0 atom stereocenters. The van der Waals surface area contributed by atoms with Crippen molar-refractivity contribution >= 4 is 15.7 Å². The number of anilines is 1. The van der Waals surface area contributed by atoms with Crippen LogP contribution in [-0.4, -0.2) is 41.7 Å². The van der Waals surface area contributed by atoms with Gasteiger partial charge >= 0.3 is 0 Å². The van der Waals surface area contributed by atoms with Crippen molar-refractivity contribution in [3.8, 4) is 11.4 Å². The van der Waals surface area contributed by atoms with Gasteiger partial charge in [0.25, 0.3) is 0 Å². The molecule has 10 heteroatoms. The second-order valence-corrected chi connectivity index (χ2v) is 9.55. The Hall–Kier alpha value is -2.85. The van der Waals surface area contributed by atoms with E-state index < -0.39 is 10.0 Å². The predicted octanol–water partition coefficient (Wildman–Crippen LogP) is 3.18. The standard InChI is InChI=1S/C21H25FN6O2S/c1-23-31(29,30)18-11-12-20(24-17-5-3-2-4-6-17)19(13-18)21-25-27-28(26-21)14-15-7-9-16(22)10-8-15/h7-13,17,23-24H,2-6,14H2,1H3. The summed E-state index contributed by atoms with van der Waals surface area (Å²) in [6, 6.07) is 11.3. The van der Waals surface area contributed by atoms with Crippen LogP contribution in [0, 0.1) is 5.82 Å². The monoisotopic (exact) mass is 444 g/mol. The Morgan fingerprint density at radius 1 is 1.10 bits per heavy atom. The molecule has 2 aromatic carbocycles. The van der Waals surface area contributed by atoms with E-state index in [2.05, 4.69) is 25.4 Å². The number of aromatic nitrogens is 4. The fourth-order valence-electron chi connectivity index (χ4n) is 3.76. The zero-order valence-corrected chi connectivity index (χ0v) is 18.1. The van der Waals surface area contributed by atoms with Crippen molar-refractivity contribution in [2.24, 2.45) is 0 Å². The third-order valence-corrected chi connectivity index (χ3v) is 6.88. The SMILES string of the molecule is CNS(=O)(=O)c1ccc(NC2CCCCC2)c(-c2nnn(Cc3ccc(F)cc3)n2)c1. The molecule has 2 N–H and O–H groups in total. The lowest BCUT2D eigenvalue weighted by Gasteiger charge is -2.25. The number of halogens is 1. The minimum atomic E-state index is -3.62. The summed E-state index contributed by atoms with van der Waals surface area (Å²) in [7, 11) is -2.24. The van der Waals surface area contributed by atoms with Gasteiger partial charge in [-0.1, -0.05) is 31.4 Å². The Kier molecular flexibility index (Phi) is 6.28. The molecule has 0 aliphatic heterocycles. The summed E-state index contributed by atoms with van der Waals surface area (Å²) in [5.74, 6) is 0.0190. The number of nitrogens with zero attached hydrogens (tertiary/aromatic N) is 4. The first-order valence-electron chi connectivity index (χ1n) is 10.3. The van der Waals surface area contributed by atoms with E-state index in [1.165, 1.54) is 43.2 Å². The van der Waals surface area contributed by atoms with Crippen LogP contribution in [0.1, 0.15) is 37.7 Å². The third-order valence-electron chi connectivity index (χ3n) is 5.47. The van der Waals surface area contributed by atoms with Crippen LogP contribution < -0.4 is 10.0 Å². The van der Waals surface area contributed by atoms with Gasteiger partial charge in [0, 0.05) is 17.3 Å². The van der Waals surface area contributed by atoms with E-state index in [0.29, 0.717) is 24.0 Å².